The molecule has 26 valence electrons. The Morgan fingerprint density at radius 1 is 1.75 bits per heavy atom. The molecule has 0 spiro atoms. The van der Waals surface area contributed by atoms with E-state index in [1.807, 2.05) is 6.66 Å². The van der Waals surface area contributed by atoms with Gasteiger partial charge in [-0.3, -0.25) is 0 Å². The molecule has 0 aliphatic heterocycles. The van der Waals surface area contributed by atoms with Crippen molar-refractivity contribution in [1.82, 2.24) is 0 Å². The Hall–Kier alpha value is 0.520. The minimum absolute atomic E-state index is 0. The summed E-state index contributed by atoms with van der Waals surface area (Å²) in [7, 11) is 1.00. The average molecular weight is 94.1 g/mol. The fourth-order valence-corrected chi connectivity index (χ4v) is 0. The number of hydrogen-bond donors (Lipinski definition) is 0. The van der Waals surface area contributed by atoms with Crippen molar-refractivity contribution in [1.29, 1.82) is 0 Å². The van der Waals surface area contributed by atoms with Crippen LogP contribution in [0.3, 0.4) is 0 Å². The maximum atomic E-state index is 4.37. The minimum Gasteiger partial charge on any atom is -0.0776 e. The van der Waals surface area contributed by atoms with Gasteiger partial charge in [0.2, 0.25) is 0 Å². The number of rotatable bonds is 0. The Morgan fingerprint density at radius 2 is 1.75 bits per heavy atom. The van der Waals surface area contributed by atoms with Gasteiger partial charge in [-0.05, 0) is 14.0 Å². The molecule has 0 bridgehead atoms. The molecular formula is C2H7PS. The molecule has 0 fully saturated rings. The molecule has 0 aromatic rings. The first-order valence-electron chi connectivity index (χ1n) is 0.630. The second-order valence-electron chi connectivity index (χ2n) is 0.183. The van der Waals surface area contributed by atoms with Crippen molar-refractivity contribution < 1.29 is 0 Å². The SMILES string of the molecule is C.CP=S. The van der Waals surface area contributed by atoms with Crippen molar-refractivity contribution in [3.8, 4) is 0 Å². The standard InChI is InChI=1S/CH3PS.CH4/c1-2-3;/h1H3;1H4. The normalized spacial score (nSPS) is 5.25. The van der Waals surface area contributed by atoms with Crippen molar-refractivity contribution >= 4 is 19.2 Å². The molecule has 0 amide bonds. The summed E-state index contributed by atoms with van der Waals surface area (Å²) in [5, 5.41) is 0. The topological polar surface area (TPSA) is 0 Å². The summed E-state index contributed by atoms with van der Waals surface area (Å²) in [6, 6.07) is 0. The van der Waals surface area contributed by atoms with Crippen LogP contribution >= 0.6 is 7.36 Å². The van der Waals surface area contributed by atoms with Gasteiger partial charge in [-0.25, -0.2) is 0 Å². The van der Waals surface area contributed by atoms with E-state index in [9.17, 15) is 0 Å². The van der Waals surface area contributed by atoms with Crippen molar-refractivity contribution in [2.75, 3.05) is 6.66 Å². The number of hydrogen-bond acceptors (Lipinski definition) is 1. The quantitative estimate of drug-likeness (QED) is 0.411. The summed E-state index contributed by atoms with van der Waals surface area (Å²) in [5.41, 5.74) is 0. The molecule has 0 saturated carbocycles. The predicted molar refractivity (Wildman–Crippen MR) is 26.9 cm³/mol. The van der Waals surface area contributed by atoms with E-state index in [-0.39, 0.29) is 7.43 Å². The highest BCUT2D eigenvalue weighted by Gasteiger charge is 1.20. The van der Waals surface area contributed by atoms with Crippen molar-refractivity contribution in [3.05, 3.63) is 0 Å². The van der Waals surface area contributed by atoms with Gasteiger partial charge in [-0.15, -0.1) is 0 Å². The lowest BCUT2D eigenvalue weighted by molar-refractivity contribution is 2.50. The van der Waals surface area contributed by atoms with Crippen LogP contribution in [-0.4, -0.2) is 6.66 Å². The Kier molecular flexibility index (Phi) is 21.3. The van der Waals surface area contributed by atoms with Crippen LogP contribution in [0.4, 0.5) is 0 Å². The van der Waals surface area contributed by atoms with Crippen molar-refractivity contribution in [2.45, 2.75) is 7.43 Å². The highest BCUT2D eigenvalue weighted by molar-refractivity contribution is 7.96. The monoisotopic (exact) mass is 94.0 g/mol. The van der Waals surface area contributed by atoms with E-state index in [0.29, 0.717) is 0 Å². The highest BCUT2D eigenvalue weighted by atomic mass is 32.4. The third-order valence-corrected chi connectivity index (χ3v) is 0. The Balaban J connectivity index is 0. The predicted octanol–water partition coefficient (Wildman–Crippen LogP) is 1.66. The molecule has 0 nitrogen and oxygen atoms in total. The zero-order valence-electron chi connectivity index (χ0n) is 1.86. The first-order valence-corrected chi connectivity index (χ1v) is 2.98. The summed E-state index contributed by atoms with van der Waals surface area (Å²) in [4.78, 5) is 0. The van der Waals surface area contributed by atoms with Gasteiger partial charge >= 0.3 is 0 Å². The second-order valence-corrected chi connectivity index (χ2v) is 1.64. The Labute approximate surface area is 34.1 Å². The zero-order valence-corrected chi connectivity index (χ0v) is 3.57. The van der Waals surface area contributed by atoms with Crippen LogP contribution in [0.1, 0.15) is 7.43 Å². The van der Waals surface area contributed by atoms with E-state index < -0.39 is 0 Å². The van der Waals surface area contributed by atoms with Crippen molar-refractivity contribution in [2.24, 2.45) is 0 Å². The highest BCUT2D eigenvalue weighted by Crippen LogP contribution is 1.69. The van der Waals surface area contributed by atoms with E-state index >= 15 is 0 Å². The molecular weight excluding hydrogens is 87.1 g/mol. The fourth-order valence-electron chi connectivity index (χ4n) is 0. The first kappa shape index (κ1) is 8.82. The van der Waals surface area contributed by atoms with E-state index in [1.54, 1.807) is 0 Å². The van der Waals surface area contributed by atoms with Crippen LogP contribution in [0.5, 0.6) is 0 Å². The van der Waals surface area contributed by atoms with Crippen LogP contribution in [0.15, 0.2) is 0 Å². The van der Waals surface area contributed by atoms with Gasteiger partial charge in [0.25, 0.3) is 0 Å². The van der Waals surface area contributed by atoms with Crippen LogP contribution < -0.4 is 0 Å². The summed E-state index contributed by atoms with van der Waals surface area (Å²) >= 11 is 4.37. The maximum Gasteiger partial charge on any atom is -0.0118 e. The van der Waals surface area contributed by atoms with E-state index in [1.165, 1.54) is 0 Å². The van der Waals surface area contributed by atoms with Gasteiger partial charge in [-0.2, -0.15) is 0 Å². The summed E-state index contributed by atoms with van der Waals surface area (Å²) in [6.07, 6.45) is 0. The summed E-state index contributed by atoms with van der Waals surface area (Å²) in [5.74, 6) is 0. The van der Waals surface area contributed by atoms with Crippen LogP contribution in [-0.2, 0) is 11.8 Å². The van der Waals surface area contributed by atoms with Gasteiger partial charge in [0, 0.05) is 0 Å². The lowest BCUT2D eigenvalue weighted by atomic mass is 12.0. The van der Waals surface area contributed by atoms with Gasteiger partial charge in [0.05, 0.1) is 0 Å². The third-order valence-electron chi connectivity index (χ3n) is 0. The average Bonchev–Trinajstić information content (AvgIpc) is 0.918. The van der Waals surface area contributed by atoms with Crippen LogP contribution in [0.25, 0.3) is 0 Å². The molecule has 0 aromatic heterocycles. The molecule has 0 heterocycles. The molecule has 0 atom stereocenters. The molecule has 0 unspecified atom stereocenters. The molecule has 2 heteroatoms. The van der Waals surface area contributed by atoms with Crippen LogP contribution in [0, 0.1) is 0 Å². The first-order chi connectivity index (χ1) is 1.41. The smallest absolute Gasteiger partial charge is 0.0118 e. The van der Waals surface area contributed by atoms with Gasteiger partial charge < -0.3 is 0 Å². The third kappa shape index (κ3) is 21.5. The summed E-state index contributed by atoms with van der Waals surface area (Å²) < 4.78 is 0. The zero-order chi connectivity index (χ0) is 2.71. The van der Waals surface area contributed by atoms with Crippen LogP contribution in [0.2, 0.25) is 0 Å². The van der Waals surface area contributed by atoms with E-state index in [0.717, 1.165) is 7.36 Å². The van der Waals surface area contributed by atoms with Gasteiger partial charge in [0.1, 0.15) is 0 Å². The Morgan fingerprint density at radius 3 is 1.75 bits per heavy atom. The van der Waals surface area contributed by atoms with Crippen molar-refractivity contribution in [3.63, 3.8) is 0 Å². The lowest BCUT2D eigenvalue weighted by Crippen LogP contribution is -0.966. The molecule has 0 N–H and O–H groups in total. The lowest BCUT2D eigenvalue weighted by Gasteiger charge is -1.25. The second kappa shape index (κ2) is 9.68. The summed E-state index contributed by atoms with van der Waals surface area (Å²) in [6.45, 7) is 1.91. The van der Waals surface area contributed by atoms with E-state index in [2.05, 4.69) is 11.8 Å². The molecule has 0 aromatic carbocycles. The van der Waals surface area contributed by atoms with Gasteiger partial charge in [0.15, 0.2) is 0 Å². The maximum absolute atomic E-state index is 4.37. The Bertz CT molecular complexity index is 13.5. The van der Waals surface area contributed by atoms with Gasteiger partial charge in [-0.1, -0.05) is 19.2 Å². The molecule has 4 heavy (non-hydrogen) atoms. The molecule has 0 radical (unpaired) electrons. The fraction of sp³-hybridized carbons (Fsp3) is 1.00. The molecule has 0 aliphatic rings. The largest absolute Gasteiger partial charge is 0.0776 e. The molecule has 0 rings (SSSR count). The molecule has 0 aliphatic carbocycles. The minimum atomic E-state index is 0. The molecule has 0 saturated heterocycles. The van der Waals surface area contributed by atoms with E-state index in [4.69, 9.17) is 0 Å².